The molecule has 0 aliphatic heterocycles. The number of nitrogens with one attached hydrogen (secondary N) is 1. The molecule has 4 heteroatoms. The summed E-state index contributed by atoms with van der Waals surface area (Å²) in [6, 6.07) is 12.6. The molecule has 0 saturated heterocycles. The van der Waals surface area contributed by atoms with Crippen molar-refractivity contribution < 1.29 is 9.47 Å². The number of methoxy groups -OCH3 is 1. The summed E-state index contributed by atoms with van der Waals surface area (Å²) >= 11 is 6.40. The Kier molecular flexibility index (Phi) is 5.09. The van der Waals surface area contributed by atoms with Gasteiger partial charge in [0, 0.05) is 23.7 Å². The van der Waals surface area contributed by atoms with Crippen molar-refractivity contribution in [1.29, 1.82) is 0 Å². The molecule has 3 nitrogen and oxygen atoms in total. The highest BCUT2D eigenvalue weighted by Gasteiger charge is 2.21. The summed E-state index contributed by atoms with van der Waals surface area (Å²) in [6.45, 7) is 3.34. The Morgan fingerprint density at radius 2 is 1.91 bits per heavy atom. The minimum absolute atomic E-state index is 0.499. The number of halogens is 1. The van der Waals surface area contributed by atoms with E-state index in [4.69, 9.17) is 21.1 Å². The Morgan fingerprint density at radius 1 is 1.13 bits per heavy atom. The number of rotatable bonds is 7. The molecule has 23 heavy (non-hydrogen) atoms. The lowest BCUT2D eigenvalue weighted by atomic mass is 10.1. The summed E-state index contributed by atoms with van der Waals surface area (Å²) in [5, 5.41) is 4.18. The van der Waals surface area contributed by atoms with E-state index in [9.17, 15) is 0 Å². The summed E-state index contributed by atoms with van der Waals surface area (Å²) < 4.78 is 11.4. The van der Waals surface area contributed by atoms with Crippen molar-refractivity contribution in [2.24, 2.45) is 0 Å². The van der Waals surface area contributed by atoms with Gasteiger partial charge in [0.15, 0.2) is 11.5 Å². The molecule has 0 heterocycles. The maximum absolute atomic E-state index is 6.40. The average molecular weight is 332 g/mol. The first kappa shape index (κ1) is 16.2. The molecule has 1 fully saturated rings. The molecular formula is C19H22ClNO2. The van der Waals surface area contributed by atoms with E-state index in [1.807, 2.05) is 24.3 Å². The van der Waals surface area contributed by atoms with E-state index in [2.05, 4.69) is 24.4 Å². The van der Waals surface area contributed by atoms with Gasteiger partial charge in [-0.05, 0) is 42.5 Å². The van der Waals surface area contributed by atoms with Crippen LogP contribution in [0, 0.1) is 6.92 Å². The molecule has 2 aromatic rings. The van der Waals surface area contributed by atoms with Crippen molar-refractivity contribution in [2.45, 2.75) is 39.0 Å². The molecule has 2 aromatic carbocycles. The fourth-order valence-corrected chi connectivity index (χ4v) is 2.67. The summed E-state index contributed by atoms with van der Waals surface area (Å²) in [5.74, 6) is 1.39. The lowest BCUT2D eigenvalue weighted by Crippen LogP contribution is -2.15. The largest absolute Gasteiger partial charge is 0.493 e. The first-order chi connectivity index (χ1) is 11.2. The van der Waals surface area contributed by atoms with E-state index < -0.39 is 0 Å². The van der Waals surface area contributed by atoms with E-state index in [1.54, 1.807) is 7.11 Å². The quantitative estimate of drug-likeness (QED) is 0.811. The predicted octanol–water partition coefficient (Wildman–Crippen LogP) is 4.49. The van der Waals surface area contributed by atoms with E-state index >= 15 is 0 Å². The van der Waals surface area contributed by atoms with Crippen LogP contribution in [-0.2, 0) is 13.2 Å². The molecule has 1 N–H and O–H groups in total. The second-order valence-corrected chi connectivity index (χ2v) is 6.37. The molecule has 0 spiro atoms. The minimum atomic E-state index is 0.499. The average Bonchev–Trinajstić information content (AvgIpc) is 3.37. The van der Waals surface area contributed by atoms with Crippen LogP contribution in [0.25, 0.3) is 0 Å². The van der Waals surface area contributed by atoms with E-state index in [1.165, 1.54) is 18.4 Å². The van der Waals surface area contributed by atoms with Gasteiger partial charge in [-0.2, -0.15) is 0 Å². The van der Waals surface area contributed by atoms with Gasteiger partial charge in [0.2, 0.25) is 0 Å². The van der Waals surface area contributed by atoms with Crippen molar-refractivity contribution in [3.05, 3.63) is 58.1 Å². The number of aryl methyl sites for hydroxylation is 1. The molecule has 0 radical (unpaired) electrons. The molecule has 0 bridgehead atoms. The molecule has 1 aliphatic carbocycles. The van der Waals surface area contributed by atoms with Crippen LogP contribution in [-0.4, -0.2) is 13.2 Å². The maximum atomic E-state index is 6.40. The van der Waals surface area contributed by atoms with Gasteiger partial charge in [0.05, 0.1) is 7.11 Å². The third-order valence-electron chi connectivity index (χ3n) is 4.14. The topological polar surface area (TPSA) is 30.5 Å². The Morgan fingerprint density at radius 3 is 2.61 bits per heavy atom. The normalized spacial score (nSPS) is 13.9. The monoisotopic (exact) mass is 331 g/mol. The number of ether oxygens (including phenoxy) is 2. The van der Waals surface area contributed by atoms with Gasteiger partial charge >= 0.3 is 0 Å². The van der Waals surface area contributed by atoms with Gasteiger partial charge in [0.25, 0.3) is 0 Å². The Hall–Kier alpha value is -1.71. The molecule has 0 unspecified atom stereocenters. The van der Waals surface area contributed by atoms with Crippen LogP contribution in [0.5, 0.6) is 11.5 Å². The molecule has 1 aliphatic rings. The minimum Gasteiger partial charge on any atom is -0.493 e. The van der Waals surface area contributed by atoms with Crippen molar-refractivity contribution in [1.82, 2.24) is 5.32 Å². The molecular weight excluding hydrogens is 310 g/mol. The maximum Gasteiger partial charge on any atom is 0.163 e. The van der Waals surface area contributed by atoms with Crippen LogP contribution in [0.3, 0.4) is 0 Å². The third kappa shape index (κ3) is 4.18. The van der Waals surface area contributed by atoms with E-state index in [-0.39, 0.29) is 0 Å². The first-order valence-electron chi connectivity index (χ1n) is 7.94. The van der Waals surface area contributed by atoms with Crippen molar-refractivity contribution in [2.75, 3.05) is 7.11 Å². The van der Waals surface area contributed by atoms with Crippen LogP contribution in [0.2, 0.25) is 5.02 Å². The zero-order valence-electron chi connectivity index (χ0n) is 13.6. The third-order valence-corrected chi connectivity index (χ3v) is 4.49. The van der Waals surface area contributed by atoms with Crippen LogP contribution < -0.4 is 14.8 Å². The van der Waals surface area contributed by atoms with Crippen molar-refractivity contribution in [3.63, 3.8) is 0 Å². The van der Waals surface area contributed by atoms with Gasteiger partial charge in [-0.1, -0.05) is 35.9 Å². The molecule has 122 valence electrons. The zero-order valence-corrected chi connectivity index (χ0v) is 14.3. The van der Waals surface area contributed by atoms with Crippen LogP contribution in [0.15, 0.2) is 36.4 Å². The highest BCUT2D eigenvalue weighted by Crippen LogP contribution is 2.34. The predicted molar refractivity (Wildman–Crippen MR) is 93.4 cm³/mol. The molecule has 1 saturated carbocycles. The van der Waals surface area contributed by atoms with Gasteiger partial charge in [-0.25, -0.2) is 0 Å². The highest BCUT2D eigenvalue weighted by atomic mass is 35.5. The fraction of sp³-hybridized carbons (Fsp3) is 0.368. The highest BCUT2D eigenvalue weighted by molar-refractivity contribution is 6.31. The van der Waals surface area contributed by atoms with E-state index in [0.717, 1.165) is 23.4 Å². The smallest absolute Gasteiger partial charge is 0.163 e. The Balaban J connectivity index is 1.72. The molecule has 0 atom stereocenters. The second kappa shape index (κ2) is 7.24. The second-order valence-electron chi connectivity index (χ2n) is 5.96. The number of benzene rings is 2. The Labute approximate surface area is 142 Å². The molecule has 0 aromatic heterocycles. The molecule has 0 amide bonds. The van der Waals surface area contributed by atoms with Crippen LogP contribution >= 0.6 is 11.6 Å². The summed E-state index contributed by atoms with van der Waals surface area (Å²) in [6.07, 6.45) is 2.51. The van der Waals surface area contributed by atoms with Gasteiger partial charge in [-0.3, -0.25) is 0 Å². The number of hydrogen-bond acceptors (Lipinski definition) is 3. The Bertz CT molecular complexity index is 683. The fourth-order valence-electron chi connectivity index (χ4n) is 2.45. The van der Waals surface area contributed by atoms with Crippen molar-refractivity contribution >= 4 is 11.6 Å². The standard InChI is InChI=1S/C19H22ClNO2/c1-13-5-3-4-6-14(13)12-23-19-10-17(20)15(9-18(19)22-2)11-21-16-7-8-16/h3-6,9-10,16,21H,7-8,11-12H2,1-2H3. The van der Waals surface area contributed by atoms with Crippen LogP contribution in [0.4, 0.5) is 0 Å². The van der Waals surface area contributed by atoms with Gasteiger partial charge in [0.1, 0.15) is 6.61 Å². The number of hydrogen-bond donors (Lipinski definition) is 1. The lowest BCUT2D eigenvalue weighted by molar-refractivity contribution is 0.283. The SMILES string of the molecule is COc1cc(CNC2CC2)c(Cl)cc1OCc1ccccc1C. The molecule has 3 rings (SSSR count). The van der Waals surface area contributed by atoms with Gasteiger partial charge in [-0.15, -0.1) is 0 Å². The van der Waals surface area contributed by atoms with Crippen LogP contribution in [0.1, 0.15) is 29.5 Å². The summed E-state index contributed by atoms with van der Waals surface area (Å²) in [5.41, 5.74) is 3.41. The summed E-state index contributed by atoms with van der Waals surface area (Å²) in [7, 11) is 1.65. The zero-order chi connectivity index (χ0) is 16.2. The lowest BCUT2D eigenvalue weighted by Gasteiger charge is -2.15. The van der Waals surface area contributed by atoms with Gasteiger partial charge < -0.3 is 14.8 Å². The van der Waals surface area contributed by atoms with Crippen molar-refractivity contribution in [3.8, 4) is 11.5 Å². The van der Waals surface area contributed by atoms with E-state index in [0.29, 0.717) is 23.4 Å². The summed E-state index contributed by atoms with van der Waals surface area (Å²) in [4.78, 5) is 0. The first-order valence-corrected chi connectivity index (χ1v) is 8.32.